The lowest BCUT2D eigenvalue weighted by Crippen LogP contribution is -2.57. The van der Waals surface area contributed by atoms with E-state index in [4.69, 9.17) is 4.99 Å². The molecule has 1 aliphatic heterocycles. The first kappa shape index (κ1) is 15.5. The van der Waals surface area contributed by atoms with Crippen molar-refractivity contribution < 1.29 is 0 Å². The molecule has 0 spiro atoms. The van der Waals surface area contributed by atoms with Gasteiger partial charge >= 0.3 is 0 Å². The summed E-state index contributed by atoms with van der Waals surface area (Å²) >= 11 is 0. The number of allylic oxidation sites excluding steroid dienone is 2. The summed E-state index contributed by atoms with van der Waals surface area (Å²) in [7, 11) is 0. The van der Waals surface area contributed by atoms with Crippen LogP contribution in [0, 0.1) is 17.8 Å². The van der Waals surface area contributed by atoms with Crippen LogP contribution in [0.5, 0.6) is 0 Å². The van der Waals surface area contributed by atoms with E-state index in [9.17, 15) is 0 Å². The largest absolute Gasteiger partial charge is 0.384 e. The van der Waals surface area contributed by atoms with E-state index in [1.54, 1.807) is 0 Å². The lowest BCUT2D eigenvalue weighted by atomic mass is 9.53. The highest BCUT2D eigenvalue weighted by Gasteiger charge is 2.50. The second kappa shape index (κ2) is 5.62. The van der Waals surface area contributed by atoms with Crippen molar-refractivity contribution in [2.75, 3.05) is 0 Å². The Morgan fingerprint density at radius 1 is 1.20 bits per heavy atom. The molecule has 0 atom stereocenters. The molecule has 6 rings (SSSR count). The van der Waals surface area contributed by atoms with E-state index in [0.717, 1.165) is 41.3 Å². The second-order valence-electron chi connectivity index (χ2n) is 8.87. The molecule has 0 aromatic carbocycles. The van der Waals surface area contributed by atoms with Crippen LogP contribution in [0.25, 0.3) is 0 Å². The van der Waals surface area contributed by atoms with Gasteiger partial charge in [0.15, 0.2) is 0 Å². The molecule has 2 N–H and O–H groups in total. The van der Waals surface area contributed by atoms with Crippen LogP contribution in [-0.2, 0) is 0 Å². The van der Waals surface area contributed by atoms with Crippen LogP contribution in [0.1, 0.15) is 64.5 Å². The van der Waals surface area contributed by atoms with Gasteiger partial charge in [-0.3, -0.25) is 0 Å². The van der Waals surface area contributed by atoms with Crippen LogP contribution in [0.4, 0.5) is 0 Å². The fraction of sp³-hybridized carbons (Fsp3) is 0.591. The number of nitrogens with zero attached hydrogens (tertiary/aromatic N) is 1. The molecule has 2 heterocycles. The molecule has 4 saturated carbocycles. The number of aliphatic imine (C=N–C) groups is 1. The number of aromatic nitrogens is 1. The Bertz CT molecular complexity index is 728. The molecule has 132 valence electrons. The molecule has 0 saturated heterocycles. The van der Waals surface area contributed by atoms with Crippen molar-refractivity contribution in [3.63, 3.8) is 0 Å². The molecular formula is C22H29N3. The fourth-order valence-corrected chi connectivity index (χ4v) is 6.42. The zero-order valence-corrected chi connectivity index (χ0v) is 15.4. The number of rotatable bonds is 4. The van der Waals surface area contributed by atoms with Gasteiger partial charge in [0.05, 0.1) is 17.1 Å². The van der Waals surface area contributed by atoms with Gasteiger partial charge in [0.25, 0.3) is 0 Å². The molecule has 4 aliphatic carbocycles. The minimum atomic E-state index is 0.360. The summed E-state index contributed by atoms with van der Waals surface area (Å²) in [5.41, 5.74) is 6.46. The monoisotopic (exact) mass is 335 g/mol. The molecule has 0 radical (unpaired) electrons. The van der Waals surface area contributed by atoms with Crippen molar-refractivity contribution >= 4 is 5.71 Å². The molecular weight excluding hydrogens is 306 g/mol. The Labute approximate surface area is 150 Å². The molecule has 3 nitrogen and oxygen atoms in total. The third-order valence-electron chi connectivity index (χ3n) is 7.11. The van der Waals surface area contributed by atoms with Crippen LogP contribution in [0.15, 0.2) is 46.4 Å². The number of nitrogens with one attached hydrogen (secondary N) is 2. The summed E-state index contributed by atoms with van der Waals surface area (Å²) in [6, 6.07) is 4.16. The van der Waals surface area contributed by atoms with Crippen molar-refractivity contribution in [2.45, 2.75) is 64.3 Å². The van der Waals surface area contributed by atoms with Crippen LogP contribution >= 0.6 is 0 Å². The van der Waals surface area contributed by atoms with E-state index in [1.165, 1.54) is 49.7 Å². The standard InChI is InChI=1S/C22H29N3/c1-3-18-14(2)21(19-5-4-6-23-19)25-20(18)13-24-22-10-15-7-16(11-22)9-17(8-15)12-22/h4-6,13,15-17,23-24H,3,7-12H2,1-2H3/b20-13+. The summed E-state index contributed by atoms with van der Waals surface area (Å²) in [5.74, 6) is 2.92. The molecule has 0 unspecified atom stereocenters. The van der Waals surface area contributed by atoms with Crippen molar-refractivity contribution in [2.24, 2.45) is 22.7 Å². The normalized spacial score (nSPS) is 37.9. The minimum absolute atomic E-state index is 0.360. The molecule has 5 aliphatic rings. The van der Waals surface area contributed by atoms with E-state index >= 15 is 0 Å². The van der Waals surface area contributed by atoms with E-state index in [1.807, 2.05) is 12.3 Å². The molecule has 3 heteroatoms. The average molecular weight is 335 g/mol. The van der Waals surface area contributed by atoms with E-state index < -0.39 is 0 Å². The minimum Gasteiger partial charge on any atom is -0.384 e. The predicted molar refractivity (Wildman–Crippen MR) is 102 cm³/mol. The Morgan fingerprint density at radius 2 is 1.88 bits per heavy atom. The first-order chi connectivity index (χ1) is 12.2. The number of hydrogen-bond acceptors (Lipinski definition) is 2. The summed E-state index contributed by atoms with van der Waals surface area (Å²) < 4.78 is 0. The Hall–Kier alpha value is -1.77. The van der Waals surface area contributed by atoms with Crippen molar-refractivity contribution in [3.8, 4) is 0 Å². The van der Waals surface area contributed by atoms with Gasteiger partial charge in [-0.05, 0) is 92.9 Å². The maximum atomic E-state index is 4.99. The first-order valence-electron chi connectivity index (χ1n) is 10.1. The number of aromatic amines is 1. The zero-order chi connectivity index (χ0) is 17.0. The van der Waals surface area contributed by atoms with Gasteiger partial charge in [-0.25, -0.2) is 4.99 Å². The maximum absolute atomic E-state index is 4.99. The highest BCUT2D eigenvalue weighted by molar-refractivity contribution is 6.14. The molecule has 25 heavy (non-hydrogen) atoms. The van der Waals surface area contributed by atoms with E-state index in [0.29, 0.717) is 5.54 Å². The average Bonchev–Trinajstić information content (AvgIpc) is 3.19. The second-order valence-corrected chi connectivity index (χ2v) is 8.87. The van der Waals surface area contributed by atoms with Crippen molar-refractivity contribution in [1.82, 2.24) is 10.3 Å². The molecule has 0 amide bonds. The third-order valence-corrected chi connectivity index (χ3v) is 7.11. The van der Waals surface area contributed by atoms with Gasteiger partial charge in [-0.15, -0.1) is 0 Å². The van der Waals surface area contributed by atoms with Crippen molar-refractivity contribution in [1.29, 1.82) is 0 Å². The van der Waals surface area contributed by atoms with Crippen LogP contribution < -0.4 is 5.32 Å². The summed E-state index contributed by atoms with van der Waals surface area (Å²) in [4.78, 5) is 8.30. The molecule has 1 aromatic heterocycles. The summed E-state index contributed by atoms with van der Waals surface area (Å²) in [6.45, 7) is 4.45. The van der Waals surface area contributed by atoms with Gasteiger partial charge < -0.3 is 10.3 Å². The van der Waals surface area contributed by atoms with Crippen LogP contribution in [-0.4, -0.2) is 16.2 Å². The first-order valence-corrected chi connectivity index (χ1v) is 10.1. The highest BCUT2D eigenvalue weighted by Crippen LogP contribution is 2.55. The van der Waals surface area contributed by atoms with Gasteiger partial charge in [-0.2, -0.15) is 0 Å². The summed E-state index contributed by atoms with van der Waals surface area (Å²) in [5, 5.41) is 3.91. The Morgan fingerprint density at radius 3 is 2.44 bits per heavy atom. The van der Waals surface area contributed by atoms with Crippen molar-refractivity contribution in [3.05, 3.63) is 47.1 Å². The smallest absolute Gasteiger partial charge is 0.0904 e. The predicted octanol–water partition coefficient (Wildman–Crippen LogP) is 4.94. The van der Waals surface area contributed by atoms with Gasteiger partial charge in [0.1, 0.15) is 0 Å². The SMILES string of the molecule is CCC1=C(C)C(c2ccc[nH]2)=N/C1=C/NC12CC3CC(CC(C3)C1)C2. The Balaban J connectivity index is 1.43. The van der Waals surface area contributed by atoms with Crippen LogP contribution in [0.2, 0.25) is 0 Å². The maximum Gasteiger partial charge on any atom is 0.0904 e. The van der Waals surface area contributed by atoms with E-state index in [2.05, 4.69) is 36.4 Å². The summed E-state index contributed by atoms with van der Waals surface area (Å²) in [6.07, 6.45) is 13.9. The lowest BCUT2D eigenvalue weighted by Gasteiger charge is -2.57. The number of hydrogen-bond donors (Lipinski definition) is 2. The van der Waals surface area contributed by atoms with Gasteiger partial charge in [0.2, 0.25) is 0 Å². The van der Waals surface area contributed by atoms with E-state index in [-0.39, 0.29) is 0 Å². The molecule has 1 aromatic rings. The molecule has 4 bridgehead atoms. The number of H-pyrrole nitrogens is 1. The molecule has 4 fully saturated rings. The topological polar surface area (TPSA) is 40.2 Å². The zero-order valence-electron chi connectivity index (χ0n) is 15.4. The fourth-order valence-electron chi connectivity index (χ4n) is 6.42. The van der Waals surface area contributed by atoms with Crippen LogP contribution in [0.3, 0.4) is 0 Å². The third kappa shape index (κ3) is 2.51. The van der Waals surface area contributed by atoms with Gasteiger partial charge in [0, 0.05) is 17.9 Å². The Kier molecular flexibility index (Phi) is 3.48. The highest BCUT2D eigenvalue weighted by atomic mass is 15.0. The quantitative estimate of drug-likeness (QED) is 0.803. The van der Waals surface area contributed by atoms with Gasteiger partial charge in [-0.1, -0.05) is 6.92 Å². The lowest BCUT2D eigenvalue weighted by molar-refractivity contribution is -0.0130.